The first-order chi connectivity index (χ1) is 11.0. The molecule has 0 aliphatic rings. The normalized spacial score (nSPS) is 10.7. The summed E-state index contributed by atoms with van der Waals surface area (Å²) in [5, 5.41) is 14.6. The Kier molecular flexibility index (Phi) is 5.90. The first kappa shape index (κ1) is 17.2. The quantitative estimate of drug-likeness (QED) is 0.850. The first-order valence-corrected chi connectivity index (χ1v) is 7.63. The number of rotatable bonds is 6. The van der Waals surface area contributed by atoms with Gasteiger partial charge >= 0.3 is 0 Å². The molecular formula is C16H20ClN5O. The van der Waals surface area contributed by atoms with Gasteiger partial charge in [-0.2, -0.15) is 0 Å². The molecule has 2 rings (SSSR count). The molecule has 0 fully saturated rings. The number of carbonyl (C=O) groups excluding carboxylic acids is 1. The van der Waals surface area contributed by atoms with Crippen LogP contribution in [-0.4, -0.2) is 48.2 Å². The molecule has 0 saturated carbocycles. The Morgan fingerprint density at radius 1 is 1.22 bits per heavy atom. The minimum absolute atomic E-state index is 0.232. The van der Waals surface area contributed by atoms with Crippen molar-refractivity contribution in [2.75, 3.05) is 32.5 Å². The van der Waals surface area contributed by atoms with Gasteiger partial charge in [-0.15, -0.1) is 10.2 Å². The van der Waals surface area contributed by atoms with Gasteiger partial charge in [0.25, 0.3) is 5.91 Å². The van der Waals surface area contributed by atoms with Crippen LogP contribution in [0, 0.1) is 6.92 Å². The maximum Gasteiger partial charge on any atom is 0.271 e. The molecule has 0 spiro atoms. The van der Waals surface area contributed by atoms with Crippen LogP contribution in [0.25, 0.3) is 0 Å². The van der Waals surface area contributed by atoms with Crippen molar-refractivity contribution >= 4 is 29.0 Å². The van der Waals surface area contributed by atoms with E-state index in [0.717, 1.165) is 17.8 Å². The van der Waals surface area contributed by atoms with E-state index in [2.05, 4.69) is 20.8 Å². The summed E-state index contributed by atoms with van der Waals surface area (Å²) in [6.07, 6.45) is 0. The van der Waals surface area contributed by atoms with Crippen molar-refractivity contribution in [1.82, 2.24) is 20.4 Å². The van der Waals surface area contributed by atoms with Crippen LogP contribution in [0.2, 0.25) is 5.02 Å². The number of nitrogens with zero attached hydrogens (tertiary/aromatic N) is 3. The van der Waals surface area contributed by atoms with Gasteiger partial charge in [-0.25, -0.2) is 0 Å². The molecule has 0 bridgehead atoms. The number of nitrogens with one attached hydrogen (secondary N) is 2. The summed E-state index contributed by atoms with van der Waals surface area (Å²) in [5.74, 6) is 0.324. The van der Waals surface area contributed by atoms with Gasteiger partial charge in [0.2, 0.25) is 0 Å². The molecule has 7 heteroatoms. The summed E-state index contributed by atoms with van der Waals surface area (Å²) < 4.78 is 0. The highest BCUT2D eigenvalue weighted by Gasteiger charge is 2.08. The molecule has 1 aromatic heterocycles. The second kappa shape index (κ2) is 7.89. The van der Waals surface area contributed by atoms with Crippen LogP contribution in [0.15, 0.2) is 30.3 Å². The predicted molar refractivity (Wildman–Crippen MR) is 92.4 cm³/mol. The molecule has 6 nitrogen and oxygen atoms in total. The number of aromatic nitrogens is 2. The van der Waals surface area contributed by atoms with Crippen molar-refractivity contribution in [3.63, 3.8) is 0 Å². The lowest BCUT2D eigenvalue weighted by Crippen LogP contribution is -2.31. The highest BCUT2D eigenvalue weighted by atomic mass is 35.5. The van der Waals surface area contributed by atoms with E-state index in [-0.39, 0.29) is 11.6 Å². The Hall–Kier alpha value is -2.18. The Morgan fingerprint density at radius 3 is 2.65 bits per heavy atom. The molecule has 1 heterocycles. The summed E-state index contributed by atoms with van der Waals surface area (Å²) in [4.78, 5) is 13.9. The smallest absolute Gasteiger partial charge is 0.271 e. The molecule has 0 unspecified atom stereocenters. The average Bonchev–Trinajstić information content (AvgIpc) is 2.51. The van der Waals surface area contributed by atoms with E-state index in [1.54, 1.807) is 12.1 Å². The average molecular weight is 334 g/mol. The molecular weight excluding hydrogens is 314 g/mol. The predicted octanol–water partition coefficient (Wildman–Crippen LogP) is 2.47. The molecule has 2 N–H and O–H groups in total. The van der Waals surface area contributed by atoms with Crippen LogP contribution in [0.4, 0.5) is 11.5 Å². The van der Waals surface area contributed by atoms with E-state index < -0.39 is 0 Å². The monoisotopic (exact) mass is 333 g/mol. The summed E-state index contributed by atoms with van der Waals surface area (Å²) in [6.45, 7) is 3.31. The van der Waals surface area contributed by atoms with Crippen molar-refractivity contribution in [1.29, 1.82) is 0 Å². The molecule has 2 aromatic rings. The largest absolute Gasteiger partial charge is 0.349 e. The molecule has 1 aromatic carbocycles. The lowest BCUT2D eigenvalue weighted by molar-refractivity contribution is 0.0945. The maximum atomic E-state index is 11.9. The van der Waals surface area contributed by atoms with Gasteiger partial charge in [0.1, 0.15) is 0 Å². The fraction of sp³-hybridized carbons (Fsp3) is 0.312. The van der Waals surface area contributed by atoms with Gasteiger partial charge < -0.3 is 15.5 Å². The first-order valence-electron chi connectivity index (χ1n) is 7.25. The summed E-state index contributed by atoms with van der Waals surface area (Å²) in [7, 11) is 3.90. The minimum atomic E-state index is -0.232. The molecule has 0 aliphatic heterocycles. The van der Waals surface area contributed by atoms with Gasteiger partial charge in [-0.1, -0.05) is 17.7 Å². The summed E-state index contributed by atoms with van der Waals surface area (Å²) in [5.41, 5.74) is 2.19. The van der Waals surface area contributed by atoms with Crippen LogP contribution in [0.1, 0.15) is 16.1 Å². The van der Waals surface area contributed by atoms with Gasteiger partial charge in [0.05, 0.1) is 0 Å². The zero-order chi connectivity index (χ0) is 16.8. The Morgan fingerprint density at radius 2 is 2.00 bits per heavy atom. The van der Waals surface area contributed by atoms with Gasteiger partial charge in [0, 0.05) is 23.8 Å². The second-order valence-corrected chi connectivity index (χ2v) is 5.88. The van der Waals surface area contributed by atoms with Crippen molar-refractivity contribution in [3.05, 3.63) is 46.6 Å². The number of amides is 1. The Bertz CT molecular complexity index is 673. The summed E-state index contributed by atoms with van der Waals surface area (Å²) >= 11 is 5.99. The third kappa shape index (κ3) is 5.19. The topological polar surface area (TPSA) is 70.2 Å². The summed E-state index contributed by atoms with van der Waals surface area (Å²) in [6, 6.07) is 8.93. The van der Waals surface area contributed by atoms with Gasteiger partial charge in [-0.3, -0.25) is 4.79 Å². The number of benzene rings is 1. The van der Waals surface area contributed by atoms with E-state index >= 15 is 0 Å². The molecule has 0 radical (unpaired) electrons. The third-order valence-electron chi connectivity index (χ3n) is 3.20. The zero-order valence-corrected chi connectivity index (χ0v) is 14.2. The fourth-order valence-electron chi connectivity index (χ4n) is 1.87. The fourth-order valence-corrected chi connectivity index (χ4v) is 2.04. The van der Waals surface area contributed by atoms with Crippen LogP contribution < -0.4 is 10.6 Å². The number of carbonyl (C=O) groups is 1. The van der Waals surface area contributed by atoms with E-state index in [0.29, 0.717) is 17.4 Å². The molecule has 23 heavy (non-hydrogen) atoms. The Balaban J connectivity index is 1.99. The van der Waals surface area contributed by atoms with Crippen LogP contribution >= 0.6 is 11.6 Å². The van der Waals surface area contributed by atoms with Crippen molar-refractivity contribution in [2.45, 2.75) is 6.92 Å². The number of halogens is 1. The number of likely N-dealkylation sites (N-methyl/N-ethyl adjacent to an activating group) is 1. The van der Waals surface area contributed by atoms with Crippen LogP contribution in [0.3, 0.4) is 0 Å². The van der Waals surface area contributed by atoms with E-state index in [9.17, 15) is 4.79 Å². The zero-order valence-electron chi connectivity index (χ0n) is 13.4. The molecule has 0 aliphatic carbocycles. The maximum absolute atomic E-state index is 11.9. The van der Waals surface area contributed by atoms with Crippen LogP contribution in [0.5, 0.6) is 0 Å². The van der Waals surface area contributed by atoms with E-state index in [1.165, 1.54) is 0 Å². The number of hydrogen-bond acceptors (Lipinski definition) is 5. The van der Waals surface area contributed by atoms with E-state index in [1.807, 2.05) is 44.1 Å². The SMILES string of the molecule is Cc1ccc(Cl)cc1Nc1ccc(C(=O)NCCN(C)C)nn1. The Labute approximate surface area is 140 Å². The highest BCUT2D eigenvalue weighted by Crippen LogP contribution is 2.22. The van der Waals surface area contributed by atoms with Gasteiger partial charge in [0.15, 0.2) is 11.5 Å². The lowest BCUT2D eigenvalue weighted by atomic mass is 10.2. The van der Waals surface area contributed by atoms with Crippen molar-refractivity contribution in [2.24, 2.45) is 0 Å². The highest BCUT2D eigenvalue weighted by molar-refractivity contribution is 6.30. The number of hydrogen-bond donors (Lipinski definition) is 2. The van der Waals surface area contributed by atoms with Crippen LogP contribution in [-0.2, 0) is 0 Å². The number of anilines is 2. The van der Waals surface area contributed by atoms with E-state index in [4.69, 9.17) is 11.6 Å². The second-order valence-electron chi connectivity index (χ2n) is 5.45. The standard InChI is InChI=1S/C16H20ClN5O/c1-11-4-5-12(17)10-14(11)19-15-7-6-13(20-21-15)16(23)18-8-9-22(2)3/h4-7,10H,8-9H2,1-3H3,(H,18,23)(H,19,21). The molecule has 122 valence electrons. The molecule has 0 atom stereocenters. The molecule has 1 amide bonds. The minimum Gasteiger partial charge on any atom is -0.349 e. The van der Waals surface area contributed by atoms with Crippen molar-refractivity contribution in [3.8, 4) is 0 Å². The van der Waals surface area contributed by atoms with Gasteiger partial charge in [-0.05, 0) is 50.8 Å². The molecule has 0 saturated heterocycles. The number of aryl methyl sites for hydroxylation is 1. The van der Waals surface area contributed by atoms with Crippen molar-refractivity contribution < 1.29 is 4.79 Å². The third-order valence-corrected chi connectivity index (χ3v) is 3.44. The lowest BCUT2D eigenvalue weighted by Gasteiger charge is -2.10.